The Morgan fingerprint density at radius 1 is 1.26 bits per heavy atom. The molecule has 0 saturated carbocycles. The second kappa shape index (κ2) is 9.47. The molecule has 0 bridgehead atoms. The summed E-state index contributed by atoms with van der Waals surface area (Å²) in [5, 5.41) is 1.90. The number of allylic oxidation sites excluding steroid dienone is 3. The molecule has 23 heavy (non-hydrogen) atoms. The normalized spacial score (nSPS) is 20.7. The molecule has 0 aromatic heterocycles. The van der Waals surface area contributed by atoms with E-state index in [0.717, 1.165) is 30.5 Å². The number of ketones is 2. The summed E-state index contributed by atoms with van der Waals surface area (Å²) in [6, 6.07) is 0.251. The van der Waals surface area contributed by atoms with E-state index in [1.165, 1.54) is 0 Å². The number of hydrogen-bond acceptors (Lipinski definition) is 4. The van der Waals surface area contributed by atoms with Gasteiger partial charge < -0.3 is 4.90 Å². The SMILES string of the molecule is CCS/C=C/C(=O)C[C@@H]1CC/C(=C\C(=O)CC)N1C[Si](C)(C)C. The van der Waals surface area contributed by atoms with Crippen LogP contribution >= 0.6 is 11.8 Å². The molecule has 5 heteroatoms. The summed E-state index contributed by atoms with van der Waals surface area (Å²) in [7, 11) is -1.31. The van der Waals surface area contributed by atoms with Gasteiger partial charge in [-0.25, -0.2) is 0 Å². The Hall–Kier alpha value is -0.813. The number of likely N-dealkylation sites (tertiary alicyclic amines) is 1. The van der Waals surface area contributed by atoms with Gasteiger partial charge in [0.2, 0.25) is 0 Å². The Balaban J connectivity index is 2.83. The molecule has 1 aliphatic heterocycles. The van der Waals surface area contributed by atoms with Gasteiger partial charge in [-0.2, -0.15) is 0 Å². The molecule has 1 aliphatic rings. The first-order valence-electron chi connectivity index (χ1n) is 8.57. The number of nitrogens with zero attached hydrogens (tertiary/aromatic N) is 1. The molecule has 0 amide bonds. The number of hydrogen-bond donors (Lipinski definition) is 0. The first-order chi connectivity index (χ1) is 10.8. The van der Waals surface area contributed by atoms with Crippen molar-refractivity contribution in [1.82, 2.24) is 4.90 Å². The van der Waals surface area contributed by atoms with Crippen molar-refractivity contribution in [3.63, 3.8) is 0 Å². The lowest BCUT2D eigenvalue weighted by molar-refractivity contribution is -0.115. The molecule has 0 aromatic rings. The summed E-state index contributed by atoms with van der Waals surface area (Å²) in [5.41, 5.74) is 1.14. The van der Waals surface area contributed by atoms with Gasteiger partial charge in [-0.3, -0.25) is 9.59 Å². The molecule has 0 aliphatic carbocycles. The van der Waals surface area contributed by atoms with E-state index in [1.54, 1.807) is 17.8 Å². The van der Waals surface area contributed by atoms with Gasteiger partial charge in [-0.1, -0.05) is 33.5 Å². The lowest BCUT2D eigenvalue weighted by Gasteiger charge is -2.33. The van der Waals surface area contributed by atoms with Crippen LogP contribution < -0.4 is 0 Å². The van der Waals surface area contributed by atoms with Crippen molar-refractivity contribution in [1.29, 1.82) is 0 Å². The van der Waals surface area contributed by atoms with Crippen LogP contribution in [0.4, 0.5) is 0 Å². The highest BCUT2D eigenvalue weighted by atomic mass is 32.2. The molecule has 1 fully saturated rings. The quantitative estimate of drug-likeness (QED) is 0.454. The number of thioether (sulfide) groups is 1. The van der Waals surface area contributed by atoms with Gasteiger partial charge >= 0.3 is 0 Å². The van der Waals surface area contributed by atoms with E-state index < -0.39 is 8.07 Å². The zero-order chi connectivity index (χ0) is 17.5. The van der Waals surface area contributed by atoms with Gasteiger partial charge in [0.05, 0.1) is 8.07 Å². The third-order valence-corrected chi connectivity index (χ3v) is 5.77. The average Bonchev–Trinajstić information content (AvgIpc) is 2.79. The summed E-state index contributed by atoms with van der Waals surface area (Å²) in [6.45, 7) is 11.0. The van der Waals surface area contributed by atoms with Crippen molar-refractivity contribution in [2.24, 2.45) is 0 Å². The fraction of sp³-hybridized carbons (Fsp3) is 0.667. The van der Waals surface area contributed by atoms with Crippen LogP contribution in [0, 0.1) is 0 Å². The van der Waals surface area contributed by atoms with Crippen LogP contribution in [0.25, 0.3) is 0 Å². The molecule has 0 aromatic carbocycles. The molecule has 1 saturated heterocycles. The van der Waals surface area contributed by atoms with Crippen molar-refractivity contribution < 1.29 is 9.59 Å². The lowest BCUT2D eigenvalue weighted by Crippen LogP contribution is -2.42. The predicted octanol–water partition coefficient (Wildman–Crippen LogP) is 4.42. The van der Waals surface area contributed by atoms with Gasteiger partial charge in [0, 0.05) is 36.8 Å². The first-order valence-corrected chi connectivity index (χ1v) is 13.3. The summed E-state index contributed by atoms with van der Waals surface area (Å²) in [4.78, 5) is 26.3. The number of carbonyl (C=O) groups is 2. The monoisotopic (exact) mass is 353 g/mol. The van der Waals surface area contributed by atoms with Crippen molar-refractivity contribution in [3.8, 4) is 0 Å². The molecule has 1 atom stereocenters. The molecule has 3 nitrogen and oxygen atoms in total. The molecule has 0 unspecified atom stereocenters. The van der Waals surface area contributed by atoms with Crippen molar-refractivity contribution in [3.05, 3.63) is 23.3 Å². The van der Waals surface area contributed by atoms with Crippen LogP contribution in [0.2, 0.25) is 19.6 Å². The van der Waals surface area contributed by atoms with Crippen LogP contribution in [0.15, 0.2) is 23.3 Å². The Morgan fingerprint density at radius 3 is 2.52 bits per heavy atom. The molecule has 0 spiro atoms. The van der Waals surface area contributed by atoms with Crippen LogP contribution in [0.5, 0.6) is 0 Å². The van der Waals surface area contributed by atoms with E-state index in [4.69, 9.17) is 0 Å². The van der Waals surface area contributed by atoms with E-state index in [1.807, 2.05) is 18.4 Å². The third-order valence-electron chi connectivity index (χ3n) is 3.82. The van der Waals surface area contributed by atoms with E-state index in [0.29, 0.717) is 12.8 Å². The maximum absolute atomic E-state index is 12.2. The minimum absolute atomic E-state index is 0.187. The number of rotatable bonds is 9. The van der Waals surface area contributed by atoms with Gasteiger partial charge in [0.25, 0.3) is 0 Å². The van der Waals surface area contributed by atoms with Gasteiger partial charge in [0.15, 0.2) is 11.6 Å². The smallest absolute Gasteiger partial charge is 0.158 e. The standard InChI is InChI=1S/C18H31NO2SSi/c1-6-17(20)12-15-8-9-16(19(15)14-23(3,4)5)13-18(21)10-11-22-7-2/h10-12,16H,6-9,13-14H2,1-5H3/b11-10+,15-12+/t16-/m0/s1. The molecular weight excluding hydrogens is 322 g/mol. The van der Waals surface area contributed by atoms with Crippen molar-refractivity contribution >= 4 is 31.4 Å². The summed E-state index contributed by atoms with van der Waals surface area (Å²) in [6.07, 6.45) is 7.54. The van der Waals surface area contributed by atoms with Gasteiger partial charge in [0.1, 0.15) is 0 Å². The fourth-order valence-electron chi connectivity index (χ4n) is 2.77. The highest BCUT2D eigenvalue weighted by Crippen LogP contribution is 2.31. The minimum atomic E-state index is -1.31. The maximum Gasteiger partial charge on any atom is 0.158 e. The van der Waals surface area contributed by atoms with Gasteiger partial charge in [-0.05, 0) is 30.1 Å². The Bertz CT molecular complexity index is 480. The Morgan fingerprint density at radius 2 is 1.96 bits per heavy atom. The van der Waals surface area contributed by atoms with E-state index in [-0.39, 0.29) is 17.6 Å². The van der Waals surface area contributed by atoms with Crippen LogP contribution in [-0.4, -0.2) is 42.5 Å². The largest absolute Gasteiger partial charge is 0.374 e. The van der Waals surface area contributed by atoms with E-state index in [2.05, 4.69) is 31.5 Å². The topological polar surface area (TPSA) is 37.4 Å². The summed E-state index contributed by atoms with van der Waals surface area (Å²) >= 11 is 1.65. The van der Waals surface area contributed by atoms with Crippen LogP contribution in [0.1, 0.15) is 39.5 Å². The zero-order valence-electron chi connectivity index (χ0n) is 15.2. The molecular formula is C18H31NO2SSi. The number of carbonyl (C=O) groups excluding carboxylic acids is 2. The second-order valence-corrected chi connectivity index (χ2v) is 13.9. The third kappa shape index (κ3) is 7.53. The molecule has 0 N–H and O–H groups in total. The summed E-state index contributed by atoms with van der Waals surface area (Å²) in [5.74, 6) is 1.37. The van der Waals surface area contributed by atoms with Crippen LogP contribution in [-0.2, 0) is 9.59 Å². The van der Waals surface area contributed by atoms with E-state index in [9.17, 15) is 9.59 Å². The highest BCUT2D eigenvalue weighted by Gasteiger charge is 2.32. The van der Waals surface area contributed by atoms with Crippen molar-refractivity contribution in [2.75, 3.05) is 11.9 Å². The molecule has 0 radical (unpaired) electrons. The average molecular weight is 354 g/mol. The fourth-order valence-corrected chi connectivity index (χ4v) is 4.69. The maximum atomic E-state index is 12.2. The Kier molecular flexibility index (Phi) is 8.33. The minimum Gasteiger partial charge on any atom is -0.374 e. The highest BCUT2D eigenvalue weighted by molar-refractivity contribution is 8.02. The molecule has 1 heterocycles. The first kappa shape index (κ1) is 20.2. The van der Waals surface area contributed by atoms with Crippen LogP contribution in [0.3, 0.4) is 0 Å². The zero-order valence-corrected chi connectivity index (χ0v) is 17.0. The van der Waals surface area contributed by atoms with Crippen molar-refractivity contribution in [2.45, 2.75) is 65.2 Å². The summed E-state index contributed by atoms with van der Waals surface area (Å²) < 4.78 is 0. The molecule has 130 valence electrons. The predicted molar refractivity (Wildman–Crippen MR) is 103 cm³/mol. The van der Waals surface area contributed by atoms with E-state index >= 15 is 0 Å². The Labute approximate surface area is 146 Å². The van der Waals surface area contributed by atoms with Gasteiger partial charge in [-0.15, -0.1) is 11.8 Å². The second-order valence-electron chi connectivity index (χ2n) is 7.27. The molecule has 1 rings (SSSR count). The lowest BCUT2D eigenvalue weighted by atomic mass is 10.1.